The van der Waals surface area contributed by atoms with E-state index in [9.17, 15) is 8.42 Å². The van der Waals surface area contributed by atoms with Crippen LogP contribution in [0.4, 0.5) is 0 Å². The Morgan fingerprint density at radius 2 is 1.62 bits per heavy atom. The average molecular weight is 246 g/mol. The number of rotatable bonds is 1. The third kappa shape index (κ3) is 3.80. The van der Waals surface area contributed by atoms with E-state index < -0.39 is 10.2 Å². The summed E-state index contributed by atoms with van der Waals surface area (Å²) in [5, 5.41) is 0. The van der Waals surface area contributed by atoms with Gasteiger partial charge >= 0.3 is 10.2 Å². The van der Waals surface area contributed by atoms with Gasteiger partial charge in [0.15, 0.2) is 11.7 Å². The molecule has 0 aliphatic carbocycles. The van der Waals surface area contributed by atoms with Gasteiger partial charge in [-0.05, 0) is 34.6 Å². The van der Waals surface area contributed by atoms with Gasteiger partial charge in [0.25, 0.3) is 0 Å². The van der Waals surface area contributed by atoms with E-state index >= 15 is 0 Å². The molecule has 7 heteroatoms. The predicted molar refractivity (Wildman–Crippen MR) is 65.0 cm³/mol. The minimum absolute atomic E-state index is 0.00256. The highest BCUT2D eigenvalue weighted by molar-refractivity contribution is 7.89. The lowest BCUT2D eigenvalue weighted by Crippen LogP contribution is -2.27. The second kappa shape index (κ2) is 4.04. The Morgan fingerprint density at radius 1 is 1.12 bits per heavy atom. The fraction of sp³-hybridized carbons (Fsp3) is 0.778. The van der Waals surface area contributed by atoms with Crippen LogP contribution in [0.2, 0.25) is 0 Å². The molecular weight excluding hydrogens is 228 g/mol. The molecule has 1 aliphatic rings. The van der Waals surface area contributed by atoms with Crippen LogP contribution in [0.5, 0.6) is 0 Å². The third-order valence-electron chi connectivity index (χ3n) is 1.52. The molecule has 1 fully saturated rings. The number of nitrogens with one attached hydrogen (secondary N) is 2. The maximum absolute atomic E-state index is 11.3. The van der Waals surface area contributed by atoms with Gasteiger partial charge < -0.3 is 0 Å². The predicted octanol–water partition coefficient (Wildman–Crippen LogP) is 0.428. The molecular formula is C9H18N4O2S. The van der Waals surface area contributed by atoms with E-state index in [0.717, 1.165) is 0 Å². The Labute approximate surface area is 96.4 Å². The molecule has 2 N–H and O–H groups in total. The van der Waals surface area contributed by atoms with Crippen molar-refractivity contribution in [3.8, 4) is 0 Å². The minimum Gasteiger partial charge on any atom is -0.262 e. The topological polar surface area (TPSA) is 82.9 Å². The van der Waals surface area contributed by atoms with Crippen LogP contribution >= 0.6 is 0 Å². The van der Waals surface area contributed by atoms with Crippen molar-refractivity contribution in [3.05, 3.63) is 0 Å². The minimum atomic E-state index is -3.52. The van der Waals surface area contributed by atoms with Crippen LogP contribution in [0.15, 0.2) is 9.98 Å². The summed E-state index contributed by atoms with van der Waals surface area (Å²) in [7, 11) is -3.52. The monoisotopic (exact) mass is 246 g/mol. The Balaban J connectivity index is 3.13. The second-order valence-electron chi connectivity index (χ2n) is 4.91. The number of hydrogen-bond acceptors (Lipinski definition) is 4. The van der Waals surface area contributed by atoms with E-state index in [1.807, 2.05) is 34.6 Å². The van der Waals surface area contributed by atoms with E-state index in [1.54, 1.807) is 0 Å². The van der Waals surface area contributed by atoms with Crippen molar-refractivity contribution in [2.24, 2.45) is 9.98 Å². The molecule has 0 spiro atoms. The van der Waals surface area contributed by atoms with Crippen molar-refractivity contribution >= 4 is 21.9 Å². The zero-order valence-electron chi connectivity index (χ0n) is 10.2. The van der Waals surface area contributed by atoms with E-state index in [2.05, 4.69) is 19.4 Å². The van der Waals surface area contributed by atoms with Gasteiger partial charge in [-0.15, -0.1) is 0 Å². The van der Waals surface area contributed by atoms with Crippen molar-refractivity contribution in [2.45, 2.75) is 46.2 Å². The van der Waals surface area contributed by atoms with Crippen LogP contribution in [-0.4, -0.2) is 31.7 Å². The quantitative estimate of drug-likeness (QED) is 0.703. The number of hydrogen-bond donors (Lipinski definition) is 2. The third-order valence-corrected chi connectivity index (χ3v) is 2.45. The smallest absolute Gasteiger partial charge is 0.262 e. The molecule has 0 radical (unpaired) electrons. The Hall–Kier alpha value is -1.11. The summed E-state index contributed by atoms with van der Waals surface area (Å²) >= 11 is 0. The van der Waals surface area contributed by atoms with Crippen LogP contribution in [0, 0.1) is 0 Å². The summed E-state index contributed by atoms with van der Waals surface area (Å²) in [5.41, 5.74) is -0.360. The summed E-state index contributed by atoms with van der Waals surface area (Å²) in [4.78, 5) is 8.44. The molecule has 0 aromatic rings. The summed E-state index contributed by atoms with van der Waals surface area (Å²) in [6.45, 7) is 9.40. The first-order chi connectivity index (χ1) is 7.09. The summed E-state index contributed by atoms with van der Waals surface area (Å²) in [5.74, 6) is 0.561. The number of aliphatic imine (C=N–C) groups is 2. The fourth-order valence-corrected chi connectivity index (χ4v) is 1.99. The van der Waals surface area contributed by atoms with Crippen molar-refractivity contribution in [1.29, 1.82) is 0 Å². The van der Waals surface area contributed by atoms with Gasteiger partial charge in [0.1, 0.15) is 0 Å². The van der Waals surface area contributed by atoms with Crippen molar-refractivity contribution in [3.63, 3.8) is 0 Å². The fourth-order valence-electron chi connectivity index (χ4n) is 1.13. The Morgan fingerprint density at radius 3 is 2.06 bits per heavy atom. The number of amidine groups is 2. The highest BCUT2D eigenvalue weighted by Crippen LogP contribution is 2.09. The van der Waals surface area contributed by atoms with Crippen LogP contribution in [0.1, 0.15) is 34.6 Å². The average Bonchev–Trinajstić information content (AvgIpc) is 2.20. The van der Waals surface area contributed by atoms with E-state index in [4.69, 9.17) is 0 Å². The SMILES string of the molecule is CC(C)N=C1NS(=O)(=O)NC1=NC(C)(C)C. The van der Waals surface area contributed by atoms with Crippen molar-refractivity contribution in [1.82, 2.24) is 9.44 Å². The molecule has 1 aliphatic heterocycles. The van der Waals surface area contributed by atoms with Crippen LogP contribution in [0.3, 0.4) is 0 Å². The lowest BCUT2D eigenvalue weighted by atomic mass is 10.1. The van der Waals surface area contributed by atoms with E-state index in [0.29, 0.717) is 0 Å². The lowest BCUT2D eigenvalue weighted by molar-refractivity contribution is 0.581. The first-order valence-corrected chi connectivity index (χ1v) is 6.56. The van der Waals surface area contributed by atoms with E-state index in [1.165, 1.54) is 0 Å². The highest BCUT2D eigenvalue weighted by Gasteiger charge is 2.29. The molecule has 92 valence electrons. The molecule has 0 aromatic heterocycles. The van der Waals surface area contributed by atoms with Gasteiger partial charge in [-0.25, -0.2) is 9.44 Å². The van der Waals surface area contributed by atoms with Gasteiger partial charge in [0, 0.05) is 6.04 Å². The second-order valence-corrected chi connectivity index (χ2v) is 6.33. The van der Waals surface area contributed by atoms with E-state index in [-0.39, 0.29) is 23.3 Å². The molecule has 6 nitrogen and oxygen atoms in total. The lowest BCUT2D eigenvalue weighted by Gasteiger charge is -2.12. The molecule has 0 amide bonds. The molecule has 0 saturated carbocycles. The maximum Gasteiger partial charge on any atom is 0.324 e. The molecule has 16 heavy (non-hydrogen) atoms. The van der Waals surface area contributed by atoms with Crippen molar-refractivity contribution in [2.75, 3.05) is 0 Å². The van der Waals surface area contributed by atoms with Crippen molar-refractivity contribution < 1.29 is 8.42 Å². The van der Waals surface area contributed by atoms with Gasteiger partial charge in [-0.2, -0.15) is 8.42 Å². The summed E-state index contributed by atoms with van der Waals surface area (Å²) in [6, 6.07) is 0.00256. The zero-order valence-corrected chi connectivity index (χ0v) is 11.0. The molecule has 1 heterocycles. The van der Waals surface area contributed by atoms with Gasteiger partial charge in [-0.3, -0.25) is 9.98 Å². The molecule has 1 saturated heterocycles. The van der Waals surface area contributed by atoms with Gasteiger partial charge in [-0.1, -0.05) is 0 Å². The largest absolute Gasteiger partial charge is 0.324 e. The summed E-state index contributed by atoms with van der Waals surface area (Å²) in [6.07, 6.45) is 0. The molecule has 0 atom stereocenters. The maximum atomic E-state index is 11.3. The van der Waals surface area contributed by atoms with Gasteiger partial charge in [0.2, 0.25) is 0 Å². The van der Waals surface area contributed by atoms with Crippen LogP contribution in [0.25, 0.3) is 0 Å². The van der Waals surface area contributed by atoms with Crippen LogP contribution in [-0.2, 0) is 10.2 Å². The first kappa shape index (κ1) is 13.0. The zero-order chi connectivity index (χ0) is 12.6. The Kier molecular flexibility index (Phi) is 3.27. The molecule has 0 bridgehead atoms. The Bertz CT molecular complexity index is 429. The van der Waals surface area contributed by atoms with Gasteiger partial charge in [0.05, 0.1) is 5.54 Å². The highest BCUT2D eigenvalue weighted by atomic mass is 32.2. The molecule has 0 unspecified atom stereocenters. The normalized spacial score (nSPS) is 24.9. The number of nitrogens with zero attached hydrogens (tertiary/aromatic N) is 2. The first-order valence-electron chi connectivity index (χ1n) is 5.08. The van der Waals surface area contributed by atoms with Crippen LogP contribution < -0.4 is 9.44 Å². The standard InChI is InChI=1S/C9H18N4O2S/c1-6(2)10-7-8(11-9(3,4)5)13-16(14,15)12-7/h6H,1-5H3,(H,10,12)(H,11,13). The molecule has 0 aromatic carbocycles. The summed E-state index contributed by atoms with van der Waals surface area (Å²) < 4.78 is 27.3. The molecule has 1 rings (SSSR count).